The van der Waals surface area contributed by atoms with Gasteiger partial charge in [0.15, 0.2) is 0 Å². The first kappa shape index (κ1) is 14.0. The minimum atomic E-state index is 0.559. The van der Waals surface area contributed by atoms with Crippen LogP contribution in [0.15, 0.2) is 48.5 Å². The van der Waals surface area contributed by atoms with Gasteiger partial charge in [-0.2, -0.15) is 0 Å². The summed E-state index contributed by atoms with van der Waals surface area (Å²) in [6, 6.07) is 17.2. The van der Waals surface area contributed by atoms with Gasteiger partial charge in [0, 0.05) is 24.1 Å². The van der Waals surface area contributed by atoms with E-state index in [1.54, 1.807) is 14.2 Å². The quantitative estimate of drug-likeness (QED) is 0.882. The molecule has 0 heterocycles. The molecule has 1 aliphatic rings. The second-order valence-corrected chi connectivity index (χ2v) is 5.42. The number of rotatable bonds is 6. The number of hydrogen-bond acceptors (Lipinski definition) is 3. The Kier molecular flexibility index (Phi) is 4.11. The van der Waals surface area contributed by atoms with E-state index in [0.29, 0.717) is 12.0 Å². The van der Waals surface area contributed by atoms with Crippen LogP contribution in [0.3, 0.4) is 0 Å². The predicted octanol–water partition coefficient (Wildman–Crippen LogP) is 3.35. The standard InChI is InChI=1S/C18H21NO2/c1-20-15-8-9-18(21-2)14(10-15)12-19-17-11-16(17)13-6-4-3-5-7-13/h3-10,16-17,19H,11-12H2,1-2H3/t16-,17+/m0/s1. The van der Waals surface area contributed by atoms with Gasteiger partial charge in [0.25, 0.3) is 0 Å². The SMILES string of the molecule is COc1ccc(OC)c(CN[C@@H]2C[C@H]2c2ccccc2)c1. The first-order valence-electron chi connectivity index (χ1n) is 7.31. The molecular formula is C18H21NO2. The topological polar surface area (TPSA) is 30.5 Å². The van der Waals surface area contributed by atoms with Gasteiger partial charge in [-0.05, 0) is 30.2 Å². The van der Waals surface area contributed by atoms with Crippen LogP contribution >= 0.6 is 0 Å². The van der Waals surface area contributed by atoms with Crippen LogP contribution in [-0.4, -0.2) is 20.3 Å². The normalized spacial score (nSPS) is 20.1. The van der Waals surface area contributed by atoms with Crippen LogP contribution in [0.2, 0.25) is 0 Å². The van der Waals surface area contributed by atoms with Crippen molar-refractivity contribution in [2.24, 2.45) is 0 Å². The van der Waals surface area contributed by atoms with Crippen molar-refractivity contribution in [2.45, 2.75) is 24.9 Å². The molecule has 2 aromatic rings. The van der Waals surface area contributed by atoms with Crippen LogP contribution in [0.1, 0.15) is 23.5 Å². The van der Waals surface area contributed by atoms with Crippen LogP contribution in [0, 0.1) is 0 Å². The third kappa shape index (κ3) is 3.19. The summed E-state index contributed by atoms with van der Waals surface area (Å²) in [5, 5.41) is 3.61. The van der Waals surface area contributed by atoms with Gasteiger partial charge in [-0.15, -0.1) is 0 Å². The largest absolute Gasteiger partial charge is 0.497 e. The average molecular weight is 283 g/mol. The van der Waals surface area contributed by atoms with Crippen molar-refractivity contribution in [2.75, 3.05) is 14.2 Å². The lowest BCUT2D eigenvalue weighted by Gasteiger charge is -2.11. The first-order valence-corrected chi connectivity index (χ1v) is 7.31. The molecule has 3 heteroatoms. The van der Waals surface area contributed by atoms with E-state index in [1.165, 1.54) is 12.0 Å². The molecule has 2 atom stereocenters. The van der Waals surface area contributed by atoms with Crippen LogP contribution in [-0.2, 0) is 6.54 Å². The zero-order valence-electron chi connectivity index (χ0n) is 12.5. The molecule has 21 heavy (non-hydrogen) atoms. The van der Waals surface area contributed by atoms with E-state index in [9.17, 15) is 0 Å². The molecule has 0 bridgehead atoms. The Morgan fingerprint density at radius 2 is 1.86 bits per heavy atom. The molecule has 1 N–H and O–H groups in total. The number of hydrogen-bond donors (Lipinski definition) is 1. The molecule has 1 aliphatic carbocycles. The van der Waals surface area contributed by atoms with Gasteiger partial charge in [0.2, 0.25) is 0 Å². The number of benzene rings is 2. The van der Waals surface area contributed by atoms with E-state index in [1.807, 2.05) is 18.2 Å². The van der Waals surface area contributed by atoms with Crippen LogP contribution in [0.25, 0.3) is 0 Å². The molecule has 0 aliphatic heterocycles. The summed E-state index contributed by atoms with van der Waals surface area (Å²) in [7, 11) is 3.39. The fourth-order valence-corrected chi connectivity index (χ4v) is 2.75. The molecule has 0 unspecified atom stereocenters. The summed E-state index contributed by atoms with van der Waals surface area (Å²) < 4.78 is 10.7. The Labute approximate surface area is 125 Å². The van der Waals surface area contributed by atoms with Gasteiger partial charge in [0.1, 0.15) is 11.5 Å². The molecule has 110 valence electrons. The van der Waals surface area contributed by atoms with Gasteiger partial charge >= 0.3 is 0 Å². The van der Waals surface area contributed by atoms with Crippen molar-refractivity contribution in [3.05, 3.63) is 59.7 Å². The first-order chi connectivity index (χ1) is 10.3. The lowest BCUT2D eigenvalue weighted by Crippen LogP contribution is -2.17. The van der Waals surface area contributed by atoms with E-state index >= 15 is 0 Å². The molecule has 0 amide bonds. The Morgan fingerprint density at radius 3 is 2.57 bits per heavy atom. The molecule has 3 nitrogen and oxygen atoms in total. The van der Waals surface area contributed by atoms with Crippen molar-refractivity contribution in [3.63, 3.8) is 0 Å². The zero-order chi connectivity index (χ0) is 14.7. The molecule has 0 aromatic heterocycles. The molecule has 0 saturated heterocycles. The van der Waals surface area contributed by atoms with Crippen LogP contribution < -0.4 is 14.8 Å². The summed E-state index contributed by atoms with van der Waals surface area (Å²) in [5.41, 5.74) is 2.56. The third-order valence-electron chi connectivity index (χ3n) is 4.06. The fourth-order valence-electron chi connectivity index (χ4n) is 2.75. The van der Waals surface area contributed by atoms with Crippen LogP contribution in [0.4, 0.5) is 0 Å². The molecule has 1 fully saturated rings. The highest BCUT2D eigenvalue weighted by atomic mass is 16.5. The maximum Gasteiger partial charge on any atom is 0.123 e. The summed E-state index contributed by atoms with van der Waals surface area (Å²) in [6.45, 7) is 0.800. The second-order valence-electron chi connectivity index (χ2n) is 5.42. The van der Waals surface area contributed by atoms with Gasteiger partial charge in [-0.3, -0.25) is 0 Å². The smallest absolute Gasteiger partial charge is 0.123 e. The zero-order valence-corrected chi connectivity index (χ0v) is 12.5. The lowest BCUT2D eigenvalue weighted by molar-refractivity contribution is 0.397. The molecule has 0 radical (unpaired) electrons. The number of ether oxygens (including phenoxy) is 2. The highest BCUT2D eigenvalue weighted by Crippen LogP contribution is 2.41. The molecular weight excluding hydrogens is 262 g/mol. The Bertz CT molecular complexity index is 597. The predicted molar refractivity (Wildman–Crippen MR) is 84.0 cm³/mol. The highest BCUT2D eigenvalue weighted by Gasteiger charge is 2.37. The van der Waals surface area contributed by atoms with E-state index in [0.717, 1.165) is 23.6 Å². The van der Waals surface area contributed by atoms with E-state index in [4.69, 9.17) is 9.47 Å². The third-order valence-corrected chi connectivity index (χ3v) is 4.06. The van der Waals surface area contributed by atoms with Gasteiger partial charge in [0.05, 0.1) is 14.2 Å². The summed E-state index contributed by atoms with van der Waals surface area (Å²) in [4.78, 5) is 0. The molecule has 3 rings (SSSR count). The summed E-state index contributed by atoms with van der Waals surface area (Å²) in [6.07, 6.45) is 1.20. The van der Waals surface area contributed by atoms with Crippen molar-refractivity contribution in [1.29, 1.82) is 0 Å². The maximum atomic E-state index is 5.41. The van der Waals surface area contributed by atoms with E-state index in [-0.39, 0.29) is 0 Å². The van der Waals surface area contributed by atoms with Crippen molar-refractivity contribution in [3.8, 4) is 11.5 Å². The number of nitrogens with one attached hydrogen (secondary N) is 1. The van der Waals surface area contributed by atoms with E-state index < -0.39 is 0 Å². The molecule has 0 spiro atoms. The van der Waals surface area contributed by atoms with Gasteiger partial charge in [-0.1, -0.05) is 30.3 Å². The summed E-state index contributed by atoms with van der Waals surface area (Å²) in [5.74, 6) is 2.41. The monoisotopic (exact) mass is 283 g/mol. The highest BCUT2D eigenvalue weighted by molar-refractivity contribution is 5.40. The molecule has 2 aromatic carbocycles. The Hall–Kier alpha value is -2.00. The Balaban J connectivity index is 1.61. The van der Waals surface area contributed by atoms with Gasteiger partial charge < -0.3 is 14.8 Å². The van der Waals surface area contributed by atoms with Crippen LogP contribution in [0.5, 0.6) is 11.5 Å². The van der Waals surface area contributed by atoms with Crippen molar-refractivity contribution >= 4 is 0 Å². The van der Waals surface area contributed by atoms with Gasteiger partial charge in [-0.25, -0.2) is 0 Å². The minimum Gasteiger partial charge on any atom is -0.497 e. The second kappa shape index (κ2) is 6.19. The van der Waals surface area contributed by atoms with E-state index in [2.05, 4.69) is 35.6 Å². The average Bonchev–Trinajstić information content (AvgIpc) is 3.33. The minimum absolute atomic E-state index is 0.559. The van der Waals surface area contributed by atoms with Crippen molar-refractivity contribution in [1.82, 2.24) is 5.32 Å². The number of methoxy groups -OCH3 is 2. The van der Waals surface area contributed by atoms with Crippen molar-refractivity contribution < 1.29 is 9.47 Å². The lowest BCUT2D eigenvalue weighted by atomic mass is 10.1. The maximum absolute atomic E-state index is 5.41. The fraction of sp³-hybridized carbons (Fsp3) is 0.333. The molecule has 1 saturated carbocycles. The Morgan fingerprint density at radius 1 is 1.05 bits per heavy atom. The summed E-state index contributed by atoms with van der Waals surface area (Å²) >= 11 is 0.